The summed E-state index contributed by atoms with van der Waals surface area (Å²) in [6.45, 7) is 5.99. The lowest BCUT2D eigenvalue weighted by atomic mass is 9.92. The monoisotopic (exact) mass is 195 g/mol. The molecule has 0 amide bonds. The van der Waals surface area contributed by atoms with Crippen molar-refractivity contribution in [1.29, 1.82) is 0 Å². The minimum absolute atomic E-state index is 0.183. The van der Waals surface area contributed by atoms with Crippen LogP contribution in [0.15, 0.2) is 18.2 Å². The van der Waals surface area contributed by atoms with Crippen LogP contribution in [-0.2, 0) is 0 Å². The van der Waals surface area contributed by atoms with Crippen LogP contribution in [-0.4, -0.2) is 0 Å². The van der Waals surface area contributed by atoms with Gasteiger partial charge in [0.2, 0.25) is 0 Å². The van der Waals surface area contributed by atoms with Crippen LogP contribution in [0, 0.1) is 18.7 Å². The van der Waals surface area contributed by atoms with Gasteiger partial charge in [0.15, 0.2) is 0 Å². The van der Waals surface area contributed by atoms with Crippen LogP contribution in [0.3, 0.4) is 0 Å². The molecule has 0 aliphatic rings. The van der Waals surface area contributed by atoms with Crippen molar-refractivity contribution in [1.82, 2.24) is 0 Å². The number of nitrogens with two attached hydrogens (primary N) is 1. The molecule has 1 nitrogen and oxygen atoms in total. The van der Waals surface area contributed by atoms with Gasteiger partial charge in [0.1, 0.15) is 5.82 Å². The molecule has 0 aliphatic carbocycles. The van der Waals surface area contributed by atoms with Gasteiger partial charge >= 0.3 is 0 Å². The topological polar surface area (TPSA) is 26.0 Å². The average molecular weight is 195 g/mol. The molecule has 0 heterocycles. The van der Waals surface area contributed by atoms with Gasteiger partial charge in [-0.2, -0.15) is 0 Å². The summed E-state index contributed by atoms with van der Waals surface area (Å²) in [7, 11) is 0. The largest absolute Gasteiger partial charge is 0.324 e. The summed E-state index contributed by atoms with van der Waals surface area (Å²) in [5.74, 6) is 0.130. The van der Waals surface area contributed by atoms with Crippen molar-refractivity contribution < 1.29 is 4.39 Å². The summed E-state index contributed by atoms with van der Waals surface area (Å²) >= 11 is 0. The van der Waals surface area contributed by atoms with Crippen molar-refractivity contribution >= 4 is 0 Å². The minimum atomic E-state index is -0.194. The Morgan fingerprint density at radius 3 is 2.57 bits per heavy atom. The molecular weight excluding hydrogens is 177 g/mol. The SMILES string of the molecule is CCC(C)C(N)c1ccc(C)cc1F. The first-order valence-electron chi connectivity index (χ1n) is 5.08. The van der Waals surface area contributed by atoms with E-state index in [2.05, 4.69) is 6.92 Å². The third-order valence-corrected chi connectivity index (χ3v) is 2.77. The molecule has 0 aliphatic heterocycles. The van der Waals surface area contributed by atoms with Crippen molar-refractivity contribution in [2.24, 2.45) is 11.7 Å². The predicted octanol–water partition coefficient (Wildman–Crippen LogP) is 3.18. The van der Waals surface area contributed by atoms with Gasteiger partial charge in [0, 0.05) is 11.6 Å². The normalized spacial score (nSPS) is 15.2. The van der Waals surface area contributed by atoms with Crippen LogP contribution in [0.25, 0.3) is 0 Å². The van der Waals surface area contributed by atoms with Gasteiger partial charge in [-0.1, -0.05) is 32.4 Å². The van der Waals surface area contributed by atoms with Gasteiger partial charge in [-0.25, -0.2) is 4.39 Å². The zero-order valence-electron chi connectivity index (χ0n) is 9.05. The van der Waals surface area contributed by atoms with Gasteiger partial charge in [0.05, 0.1) is 0 Å². The molecule has 2 unspecified atom stereocenters. The second kappa shape index (κ2) is 4.56. The van der Waals surface area contributed by atoms with Gasteiger partial charge < -0.3 is 5.73 Å². The molecule has 0 saturated carbocycles. The summed E-state index contributed by atoms with van der Waals surface area (Å²) in [5, 5.41) is 0. The van der Waals surface area contributed by atoms with Gasteiger partial charge in [-0.05, 0) is 24.5 Å². The maximum absolute atomic E-state index is 13.5. The average Bonchev–Trinajstić information content (AvgIpc) is 2.15. The number of aryl methyl sites for hydroxylation is 1. The highest BCUT2D eigenvalue weighted by atomic mass is 19.1. The molecule has 2 N–H and O–H groups in total. The second-order valence-electron chi connectivity index (χ2n) is 3.94. The lowest BCUT2D eigenvalue weighted by molar-refractivity contribution is 0.439. The van der Waals surface area contributed by atoms with E-state index in [1.807, 2.05) is 19.9 Å². The van der Waals surface area contributed by atoms with E-state index in [1.54, 1.807) is 6.07 Å². The van der Waals surface area contributed by atoms with E-state index in [9.17, 15) is 4.39 Å². The van der Waals surface area contributed by atoms with Crippen molar-refractivity contribution in [2.75, 3.05) is 0 Å². The summed E-state index contributed by atoms with van der Waals surface area (Å²) in [5.41, 5.74) is 7.52. The van der Waals surface area contributed by atoms with E-state index in [1.165, 1.54) is 6.07 Å². The first kappa shape index (κ1) is 11.2. The molecule has 0 radical (unpaired) electrons. The van der Waals surface area contributed by atoms with Crippen molar-refractivity contribution in [3.05, 3.63) is 35.1 Å². The second-order valence-corrected chi connectivity index (χ2v) is 3.94. The molecule has 1 rings (SSSR count). The summed E-state index contributed by atoms with van der Waals surface area (Å²) in [6.07, 6.45) is 0.967. The number of hydrogen-bond acceptors (Lipinski definition) is 1. The standard InChI is InChI=1S/C12H18FN/c1-4-9(3)12(14)10-6-5-8(2)7-11(10)13/h5-7,9,12H,4,14H2,1-3H3. The Morgan fingerprint density at radius 1 is 1.43 bits per heavy atom. The third kappa shape index (κ3) is 2.32. The fourth-order valence-corrected chi connectivity index (χ4v) is 1.46. The quantitative estimate of drug-likeness (QED) is 0.787. The van der Waals surface area contributed by atoms with Crippen molar-refractivity contribution in [3.8, 4) is 0 Å². The number of hydrogen-bond donors (Lipinski definition) is 1. The van der Waals surface area contributed by atoms with E-state index in [4.69, 9.17) is 5.73 Å². The molecule has 0 aromatic heterocycles. The van der Waals surface area contributed by atoms with Crippen LogP contribution in [0.4, 0.5) is 4.39 Å². The Labute approximate surface area is 85.1 Å². The smallest absolute Gasteiger partial charge is 0.128 e. The molecule has 0 spiro atoms. The maximum Gasteiger partial charge on any atom is 0.128 e. The van der Waals surface area contributed by atoms with Crippen molar-refractivity contribution in [3.63, 3.8) is 0 Å². The molecule has 14 heavy (non-hydrogen) atoms. The van der Waals surface area contributed by atoms with Crippen molar-refractivity contribution in [2.45, 2.75) is 33.2 Å². The Bertz CT molecular complexity index is 309. The molecule has 2 atom stereocenters. The molecular formula is C12H18FN. The highest BCUT2D eigenvalue weighted by Crippen LogP contribution is 2.24. The molecule has 0 saturated heterocycles. The summed E-state index contributed by atoms with van der Waals surface area (Å²) < 4.78 is 13.5. The molecule has 1 aromatic carbocycles. The highest BCUT2D eigenvalue weighted by molar-refractivity contribution is 5.26. The zero-order chi connectivity index (χ0) is 10.7. The van der Waals surface area contributed by atoms with Crippen LogP contribution >= 0.6 is 0 Å². The summed E-state index contributed by atoms with van der Waals surface area (Å²) in [4.78, 5) is 0. The van der Waals surface area contributed by atoms with Crippen LogP contribution in [0.5, 0.6) is 0 Å². The Balaban J connectivity index is 2.95. The summed E-state index contributed by atoms with van der Waals surface area (Å²) in [6, 6.07) is 5.04. The third-order valence-electron chi connectivity index (χ3n) is 2.77. The maximum atomic E-state index is 13.5. The Hall–Kier alpha value is -0.890. The minimum Gasteiger partial charge on any atom is -0.324 e. The fourth-order valence-electron chi connectivity index (χ4n) is 1.46. The number of rotatable bonds is 3. The lowest BCUT2D eigenvalue weighted by Crippen LogP contribution is -2.19. The fraction of sp³-hybridized carbons (Fsp3) is 0.500. The zero-order valence-corrected chi connectivity index (χ0v) is 9.05. The lowest BCUT2D eigenvalue weighted by Gasteiger charge is -2.19. The Kier molecular flexibility index (Phi) is 3.64. The van der Waals surface area contributed by atoms with Gasteiger partial charge in [0.25, 0.3) is 0 Å². The van der Waals surface area contributed by atoms with Gasteiger partial charge in [-0.3, -0.25) is 0 Å². The van der Waals surface area contributed by atoms with Gasteiger partial charge in [-0.15, -0.1) is 0 Å². The predicted molar refractivity (Wildman–Crippen MR) is 57.5 cm³/mol. The number of halogens is 1. The molecule has 78 valence electrons. The van der Waals surface area contributed by atoms with E-state index < -0.39 is 0 Å². The van der Waals surface area contributed by atoms with Crippen LogP contribution in [0.2, 0.25) is 0 Å². The van der Waals surface area contributed by atoms with E-state index in [0.29, 0.717) is 11.5 Å². The molecule has 2 heteroatoms. The highest BCUT2D eigenvalue weighted by Gasteiger charge is 2.16. The van der Waals surface area contributed by atoms with Crippen LogP contribution in [0.1, 0.15) is 37.4 Å². The first-order chi connectivity index (χ1) is 6.56. The molecule has 1 aromatic rings. The molecule has 0 bridgehead atoms. The van der Waals surface area contributed by atoms with Crippen LogP contribution < -0.4 is 5.73 Å². The van der Waals surface area contributed by atoms with E-state index >= 15 is 0 Å². The van der Waals surface area contributed by atoms with E-state index in [-0.39, 0.29) is 11.9 Å². The van der Waals surface area contributed by atoms with E-state index in [0.717, 1.165) is 12.0 Å². The first-order valence-corrected chi connectivity index (χ1v) is 5.08. The number of benzene rings is 1. The Morgan fingerprint density at radius 2 is 2.07 bits per heavy atom. The molecule has 0 fully saturated rings.